The summed E-state index contributed by atoms with van der Waals surface area (Å²) in [6.07, 6.45) is 1.02. The molecular weight excluding hydrogens is 264 g/mol. The Morgan fingerprint density at radius 1 is 1.56 bits per heavy atom. The van der Waals surface area contributed by atoms with Crippen LogP contribution < -0.4 is 5.32 Å². The number of fused-ring (bicyclic) bond motifs is 1. The fourth-order valence-corrected chi connectivity index (χ4v) is 4.62. The molecule has 0 bridgehead atoms. The fraction of sp³-hybridized carbons (Fsp3) is 0.615. The lowest BCUT2D eigenvalue weighted by Crippen LogP contribution is -2.52. The SMILES string of the molecule is CC1c2ccsc2CCN1C(=O)C1CSCCN1. The van der Waals surface area contributed by atoms with E-state index in [2.05, 4.69) is 28.6 Å². The lowest BCUT2D eigenvalue weighted by molar-refractivity contribution is -0.135. The number of thioether (sulfide) groups is 1. The van der Waals surface area contributed by atoms with Crippen LogP contribution in [0.4, 0.5) is 0 Å². The van der Waals surface area contributed by atoms with Gasteiger partial charge in [-0.3, -0.25) is 4.79 Å². The van der Waals surface area contributed by atoms with E-state index in [1.807, 2.05) is 23.1 Å². The van der Waals surface area contributed by atoms with Gasteiger partial charge in [0.05, 0.1) is 12.1 Å². The summed E-state index contributed by atoms with van der Waals surface area (Å²) in [5.74, 6) is 2.32. The third-order valence-corrected chi connectivity index (χ3v) is 5.84. The van der Waals surface area contributed by atoms with Gasteiger partial charge >= 0.3 is 0 Å². The Kier molecular flexibility index (Phi) is 3.63. The van der Waals surface area contributed by atoms with Crippen molar-refractivity contribution < 1.29 is 4.79 Å². The second-order valence-corrected chi connectivity index (χ2v) is 6.99. The molecule has 2 aliphatic rings. The molecule has 0 aliphatic carbocycles. The molecule has 2 aliphatic heterocycles. The quantitative estimate of drug-likeness (QED) is 0.854. The van der Waals surface area contributed by atoms with Crippen LogP contribution in [-0.2, 0) is 11.2 Å². The maximum atomic E-state index is 12.5. The molecule has 0 spiro atoms. The van der Waals surface area contributed by atoms with Gasteiger partial charge in [-0.05, 0) is 30.4 Å². The number of hydrogen-bond donors (Lipinski definition) is 1. The lowest BCUT2D eigenvalue weighted by Gasteiger charge is -2.37. The minimum atomic E-state index is 0.0198. The van der Waals surface area contributed by atoms with Gasteiger partial charge in [0.25, 0.3) is 0 Å². The molecule has 2 atom stereocenters. The Morgan fingerprint density at radius 2 is 2.44 bits per heavy atom. The number of rotatable bonds is 1. The summed E-state index contributed by atoms with van der Waals surface area (Å²) in [6, 6.07) is 2.43. The van der Waals surface area contributed by atoms with Gasteiger partial charge < -0.3 is 10.2 Å². The monoisotopic (exact) mass is 282 g/mol. The van der Waals surface area contributed by atoms with Gasteiger partial charge in [0.15, 0.2) is 0 Å². The Balaban J connectivity index is 1.75. The molecule has 3 rings (SSSR count). The molecule has 0 aromatic carbocycles. The fourth-order valence-electron chi connectivity index (χ4n) is 2.73. The van der Waals surface area contributed by atoms with E-state index in [-0.39, 0.29) is 18.0 Å². The average molecular weight is 282 g/mol. The van der Waals surface area contributed by atoms with Gasteiger partial charge in [-0.15, -0.1) is 11.3 Å². The molecule has 0 radical (unpaired) electrons. The van der Waals surface area contributed by atoms with Crippen LogP contribution in [0.1, 0.15) is 23.4 Å². The molecule has 1 fully saturated rings. The number of carbonyl (C=O) groups excluding carboxylic acids is 1. The van der Waals surface area contributed by atoms with Gasteiger partial charge in [-0.2, -0.15) is 11.8 Å². The van der Waals surface area contributed by atoms with Crippen molar-refractivity contribution in [3.05, 3.63) is 21.9 Å². The number of thiophene rings is 1. The normalized spacial score (nSPS) is 27.9. The van der Waals surface area contributed by atoms with Crippen molar-refractivity contribution in [3.63, 3.8) is 0 Å². The Bertz CT molecular complexity index is 440. The Morgan fingerprint density at radius 3 is 3.22 bits per heavy atom. The van der Waals surface area contributed by atoms with Crippen molar-refractivity contribution in [1.82, 2.24) is 10.2 Å². The number of amides is 1. The highest BCUT2D eigenvalue weighted by atomic mass is 32.2. The van der Waals surface area contributed by atoms with Crippen LogP contribution in [0.2, 0.25) is 0 Å². The maximum absolute atomic E-state index is 12.5. The van der Waals surface area contributed by atoms with Crippen LogP contribution in [0.3, 0.4) is 0 Å². The minimum absolute atomic E-state index is 0.0198. The summed E-state index contributed by atoms with van der Waals surface area (Å²) >= 11 is 3.70. The molecule has 1 amide bonds. The Labute approximate surface area is 116 Å². The van der Waals surface area contributed by atoms with Crippen molar-refractivity contribution in [3.8, 4) is 0 Å². The van der Waals surface area contributed by atoms with E-state index in [1.54, 1.807) is 0 Å². The van der Waals surface area contributed by atoms with Crippen LogP contribution in [0.15, 0.2) is 11.4 Å². The number of carbonyl (C=O) groups is 1. The molecule has 1 N–H and O–H groups in total. The first-order valence-corrected chi connectivity index (χ1v) is 8.48. The third kappa shape index (κ3) is 2.19. The Hall–Kier alpha value is -0.520. The molecule has 0 saturated carbocycles. The van der Waals surface area contributed by atoms with Gasteiger partial charge in [-0.1, -0.05) is 0 Å². The third-order valence-electron chi connectivity index (χ3n) is 3.78. The van der Waals surface area contributed by atoms with Gasteiger partial charge in [0, 0.05) is 29.5 Å². The smallest absolute Gasteiger partial charge is 0.241 e. The summed E-state index contributed by atoms with van der Waals surface area (Å²) < 4.78 is 0. The molecule has 2 unspecified atom stereocenters. The van der Waals surface area contributed by atoms with Gasteiger partial charge in [0.2, 0.25) is 5.91 Å². The second-order valence-electron chi connectivity index (χ2n) is 4.84. The molecule has 1 aromatic heterocycles. The van der Waals surface area contributed by atoms with E-state index in [4.69, 9.17) is 0 Å². The number of nitrogens with one attached hydrogen (secondary N) is 1. The first-order valence-electron chi connectivity index (χ1n) is 6.45. The highest BCUT2D eigenvalue weighted by Gasteiger charge is 2.32. The number of nitrogens with zero attached hydrogens (tertiary/aromatic N) is 1. The van der Waals surface area contributed by atoms with Crippen molar-refractivity contribution in [2.45, 2.75) is 25.4 Å². The van der Waals surface area contributed by atoms with Crippen molar-refractivity contribution in [1.29, 1.82) is 0 Å². The minimum Gasteiger partial charge on any atom is -0.334 e. The molecule has 18 heavy (non-hydrogen) atoms. The summed E-state index contributed by atoms with van der Waals surface area (Å²) in [7, 11) is 0. The molecule has 98 valence electrons. The predicted molar refractivity (Wildman–Crippen MR) is 77.3 cm³/mol. The zero-order chi connectivity index (χ0) is 12.5. The van der Waals surface area contributed by atoms with Crippen LogP contribution >= 0.6 is 23.1 Å². The highest BCUT2D eigenvalue weighted by molar-refractivity contribution is 7.99. The van der Waals surface area contributed by atoms with E-state index < -0.39 is 0 Å². The van der Waals surface area contributed by atoms with E-state index in [9.17, 15) is 4.79 Å². The van der Waals surface area contributed by atoms with Crippen LogP contribution in [-0.4, -0.2) is 41.4 Å². The van der Waals surface area contributed by atoms with E-state index >= 15 is 0 Å². The first kappa shape index (κ1) is 12.5. The van der Waals surface area contributed by atoms with Crippen LogP contribution in [0.25, 0.3) is 0 Å². The van der Waals surface area contributed by atoms with E-state index in [1.165, 1.54) is 10.4 Å². The lowest BCUT2D eigenvalue weighted by atomic mass is 10.0. The molecule has 1 aromatic rings. The summed E-state index contributed by atoms with van der Waals surface area (Å²) in [6.45, 7) is 3.97. The van der Waals surface area contributed by atoms with Crippen molar-refractivity contribution in [2.24, 2.45) is 0 Å². The van der Waals surface area contributed by atoms with Gasteiger partial charge in [0.1, 0.15) is 0 Å². The molecule has 3 nitrogen and oxygen atoms in total. The topological polar surface area (TPSA) is 32.3 Å². The standard InChI is InChI=1S/C13H18N2OS2/c1-9-10-3-6-18-12(10)2-5-15(9)13(16)11-8-17-7-4-14-11/h3,6,9,11,14H,2,4-5,7-8H2,1H3. The van der Waals surface area contributed by atoms with E-state index in [0.29, 0.717) is 0 Å². The largest absolute Gasteiger partial charge is 0.334 e. The van der Waals surface area contributed by atoms with Crippen LogP contribution in [0, 0.1) is 0 Å². The van der Waals surface area contributed by atoms with Crippen molar-refractivity contribution >= 4 is 29.0 Å². The molecule has 3 heterocycles. The van der Waals surface area contributed by atoms with Crippen LogP contribution in [0.5, 0.6) is 0 Å². The second kappa shape index (κ2) is 5.23. The van der Waals surface area contributed by atoms with E-state index in [0.717, 1.165) is 31.0 Å². The van der Waals surface area contributed by atoms with Gasteiger partial charge in [-0.25, -0.2) is 0 Å². The number of hydrogen-bond acceptors (Lipinski definition) is 4. The molecular formula is C13H18N2OS2. The average Bonchev–Trinajstić information content (AvgIpc) is 2.89. The maximum Gasteiger partial charge on any atom is 0.241 e. The summed E-state index contributed by atoms with van der Waals surface area (Å²) in [5.41, 5.74) is 1.35. The zero-order valence-electron chi connectivity index (χ0n) is 10.5. The zero-order valence-corrected chi connectivity index (χ0v) is 12.1. The summed E-state index contributed by atoms with van der Waals surface area (Å²) in [4.78, 5) is 16.1. The molecule has 5 heteroatoms. The van der Waals surface area contributed by atoms with Crippen molar-refractivity contribution in [2.75, 3.05) is 24.6 Å². The molecule has 1 saturated heterocycles. The predicted octanol–water partition coefficient (Wildman–Crippen LogP) is 1.90. The highest BCUT2D eigenvalue weighted by Crippen LogP contribution is 2.33. The summed E-state index contributed by atoms with van der Waals surface area (Å²) in [5, 5.41) is 5.49. The first-order chi connectivity index (χ1) is 8.77.